The van der Waals surface area contributed by atoms with Gasteiger partial charge in [0.2, 0.25) is 0 Å². The first-order valence-electron chi connectivity index (χ1n) is 12.8. The van der Waals surface area contributed by atoms with E-state index in [1.165, 1.54) is 29.8 Å². The molecule has 0 spiro atoms. The summed E-state index contributed by atoms with van der Waals surface area (Å²) < 4.78 is 90.3. The predicted octanol–water partition coefficient (Wildman–Crippen LogP) is 7.01. The quantitative estimate of drug-likeness (QED) is 0.0538. The van der Waals surface area contributed by atoms with Gasteiger partial charge in [0.25, 0.3) is 0 Å². The molecule has 2 rings (SSSR count). The highest BCUT2D eigenvalue weighted by Crippen LogP contribution is 2.24. The molecule has 1 unspecified atom stereocenters. The van der Waals surface area contributed by atoms with Crippen LogP contribution < -0.4 is 0 Å². The molecule has 0 amide bonds. The first kappa shape index (κ1) is 34.9. The summed E-state index contributed by atoms with van der Waals surface area (Å²) in [5.41, 5.74) is -3.30. The van der Waals surface area contributed by atoms with E-state index in [-0.39, 0.29) is 18.2 Å². The fourth-order valence-corrected chi connectivity index (χ4v) is 3.59. The lowest BCUT2D eigenvalue weighted by molar-refractivity contribution is -0.215. The van der Waals surface area contributed by atoms with Crippen molar-refractivity contribution in [2.75, 3.05) is 13.2 Å². The number of hydrogen-bond acceptors (Lipinski definition) is 6. The number of rotatable bonds is 17. The molecule has 0 radical (unpaired) electrons. The van der Waals surface area contributed by atoms with Gasteiger partial charge in [-0.15, -0.1) is 0 Å². The second kappa shape index (κ2) is 19.0. The topological polar surface area (TPSA) is 82.1 Å². The van der Waals surface area contributed by atoms with Crippen LogP contribution in [0.5, 0.6) is 0 Å². The van der Waals surface area contributed by atoms with Crippen LogP contribution >= 0.6 is 0 Å². The first-order chi connectivity index (χ1) is 18.4. The van der Waals surface area contributed by atoms with Gasteiger partial charge < -0.3 is 9.84 Å². The smallest absolute Gasteiger partial charge is 0.368 e. The number of unbranched alkanes of at least 4 members (excludes halogenated alkanes) is 6. The van der Waals surface area contributed by atoms with Gasteiger partial charge in [0, 0.05) is 6.61 Å². The fourth-order valence-electron chi connectivity index (χ4n) is 3.32. The standard InChI is InChI=1S/C14H21FO2.C13H16F4O4S/c1-12(16)17-11-5-3-2-4-6-13-7-9-14(15)10-8-13;14-12-8-6-11(7-9-12)5-3-1-2-4-10-20-21-22(18,19)13(15,16)17/h7-10,12,16H,2-6,11H2,1H3;6-9H,1-5,10H2. The Balaban J connectivity index is 0.000000403. The van der Waals surface area contributed by atoms with E-state index in [9.17, 15) is 30.4 Å². The maximum atomic E-state index is 12.7. The Labute approximate surface area is 227 Å². The maximum Gasteiger partial charge on any atom is 0.525 e. The largest absolute Gasteiger partial charge is 0.525 e. The summed E-state index contributed by atoms with van der Waals surface area (Å²) in [6, 6.07) is 12.8. The highest BCUT2D eigenvalue weighted by Gasteiger charge is 2.48. The molecule has 2 aromatic rings. The average Bonchev–Trinajstić information content (AvgIpc) is 2.87. The van der Waals surface area contributed by atoms with Crippen LogP contribution in [-0.2, 0) is 36.9 Å². The Kier molecular flexibility index (Phi) is 17.0. The highest BCUT2D eigenvalue weighted by molar-refractivity contribution is 7.87. The number of ether oxygens (including phenoxy) is 1. The van der Waals surface area contributed by atoms with Crippen molar-refractivity contribution in [1.82, 2.24) is 0 Å². The Morgan fingerprint density at radius 1 is 0.718 bits per heavy atom. The summed E-state index contributed by atoms with van der Waals surface area (Å²) in [5, 5.41) is 8.87. The molecular formula is C27H37F5O6S. The molecular weight excluding hydrogens is 547 g/mol. The van der Waals surface area contributed by atoms with Gasteiger partial charge in [0.1, 0.15) is 11.6 Å². The average molecular weight is 585 g/mol. The molecule has 0 bridgehead atoms. The van der Waals surface area contributed by atoms with Crippen LogP contribution in [0.1, 0.15) is 69.4 Å². The number of halogens is 5. The van der Waals surface area contributed by atoms with Gasteiger partial charge in [-0.3, -0.25) is 0 Å². The Morgan fingerprint density at radius 3 is 1.54 bits per heavy atom. The molecule has 222 valence electrons. The number of benzene rings is 2. The van der Waals surface area contributed by atoms with E-state index in [1.807, 2.05) is 12.1 Å². The van der Waals surface area contributed by atoms with E-state index in [1.54, 1.807) is 19.1 Å². The van der Waals surface area contributed by atoms with E-state index < -0.39 is 21.9 Å². The van der Waals surface area contributed by atoms with Crippen LogP contribution in [0.3, 0.4) is 0 Å². The second-order valence-electron chi connectivity index (χ2n) is 8.84. The van der Waals surface area contributed by atoms with Crippen molar-refractivity contribution in [1.29, 1.82) is 0 Å². The normalized spacial score (nSPS) is 12.6. The molecule has 6 nitrogen and oxygen atoms in total. The molecule has 0 aromatic heterocycles. The van der Waals surface area contributed by atoms with E-state index >= 15 is 0 Å². The minimum atomic E-state index is -5.69. The zero-order chi connectivity index (χ0) is 29.2. The summed E-state index contributed by atoms with van der Waals surface area (Å²) in [6.07, 6.45) is 8.07. The van der Waals surface area contributed by atoms with Crippen molar-refractivity contribution in [3.05, 3.63) is 71.3 Å². The zero-order valence-electron chi connectivity index (χ0n) is 22.0. The van der Waals surface area contributed by atoms with Crippen molar-refractivity contribution in [3.8, 4) is 0 Å². The SMILES string of the molecule is CC(O)OCCCCCCc1ccc(F)cc1.O=S(=O)(OOCCCCCCc1ccc(F)cc1)C(F)(F)F. The van der Waals surface area contributed by atoms with Crippen molar-refractivity contribution in [3.63, 3.8) is 0 Å². The van der Waals surface area contributed by atoms with Gasteiger partial charge in [-0.1, -0.05) is 54.3 Å². The summed E-state index contributed by atoms with van der Waals surface area (Å²) in [7, 11) is -5.69. The van der Waals surface area contributed by atoms with Crippen LogP contribution in [0.4, 0.5) is 22.0 Å². The second-order valence-corrected chi connectivity index (χ2v) is 10.3. The number of aliphatic hydroxyl groups is 1. The van der Waals surface area contributed by atoms with Crippen LogP contribution in [0, 0.1) is 11.6 Å². The van der Waals surface area contributed by atoms with Crippen LogP contribution in [0.15, 0.2) is 48.5 Å². The molecule has 0 aliphatic carbocycles. The Morgan fingerprint density at radius 2 is 1.13 bits per heavy atom. The molecule has 0 fully saturated rings. The van der Waals surface area contributed by atoms with Gasteiger partial charge in [0.05, 0.1) is 6.61 Å². The summed E-state index contributed by atoms with van der Waals surface area (Å²) >= 11 is 0. The van der Waals surface area contributed by atoms with Crippen LogP contribution in [0.2, 0.25) is 0 Å². The highest BCUT2D eigenvalue weighted by atomic mass is 32.2. The van der Waals surface area contributed by atoms with Crippen molar-refractivity contribution in [2.45, 2.75) is 82.9 Å². The number of aliphatic hydroxyl groups excluding tert-OH is 1. The lowest BCUT2D eigenvalue weighted by Gasteiger charge is -2.07. The van der Waals surface area contributed by atoms with Gasteiger partial charge in [-0.05, 0) is 80.8 Å². The number of alkyl halides is 3. The first-order valence-corrected chi connectivity index (χ1v) is 14.2. The van der Waals surface area contributed by atoms with Crippen molar-refractivity contribution in [2.24, 2.45) is 0 Å². The minimum absolute atomic E-state index is 0.177. The number of hydrogen-bond donors (Lipinski definition) is 1. The van der Waals surface area contributed by atoms with E-state index in [0.29, 0.717) is 19.4 Å². The summed E-state index contributed by atoms with van der Waals surface area (Å²) in [5.74, 6) is -0.473. The fraction of sp³-hybridized carbons (Fsp3) is 0.556. The lowest BCUT2D eigenvalue weighted by atomic mass is 10.1. The lowest BCUT2D eigenvalue weighted by Crippen LogP contribution is -2.25. The molecule has 0 heterocycles. The van der Waals surface area contributed by atoms with Gasteiger partial charge >= 0.3 is 15.6 Å². The van der Waals surface area contributed by atoms with Crippen LogP contribution in [0.25, 0.3) is 0 Å². The molecule has 0 saturated heterocycles. The zero-order valence-corrected chi connectivity index (χ0v) is 22.8. The van der Waals surface area contributed by atoms with Crippen molar-refractivity contribution >= 4 is 10.1 Å². The van der Waals surface area contributed by atoms with Gasteiger partial charge in [-0.25, -0.2) is 13.7 Å². The molecule has 0 aliphatic heterocycles. The molecule has 1 N–H and O–H groups in total. The summed E-state index contributed by atoms with van der Waals surface area (Å²) in [6.45, 7) is 1.99. The Bertz CT molecular complexity index is 997. The van der Waals surface area contributed by atoms with Crippen LogP contribution in [-0.4, -0.2) is 38.5 Å². The number of aryl methyl sites for hydroxylation is 2. The van der Waals surface area contributed by atoms with Crippen molar-refractivity contribution < 1.29 is 49.4 Å². The van der Waals surface area contributed by atoms with E-state index in [2.05, 4.69) is 9.22 Å². The third-order valence-corrected chi connectivity index (χ3v) is 6.25. The van der Waals surface area contributed by atoms with E-state index in [0.717, 1.165) is 56.9 Å². The summed E-state index contributed by atoms with van der Waals surface area (Å²) in [4.78, 5) is 4.05. The Hall–Kier alpha value is -2.12. The third-order valence-electron chi connectivity index (χ3n) is 5.41. The maximum absolute atomic E-state index is 12.7. The van der Waals surface area contributed by atoms with Gasteiger partial charge in [-0.2, -0.15) is 21.6 Å². The molecule has 39 heavy (non-hydrogen) atoms. The monoisotopic (exact) mass is 584 g/mol. The minimum Gasteiger partial charge on any atom is -0.368 e. The molecule has 2 aromatic carbocycles. The molecule has 1 atom stereocenters. The molecule has 0 aliphatic rings. The van der Waals surface area contributed by atoms with E-state index in [4.69, 9.17) is 9.84 Å². The molecule has 12 heteroatoms. The molecule has 0 saturated carbocycles. The predicted molar refractivity (Wildman–Crippen MR) is 137 cm³/mol. The third kappa shape index (κ3) is 17.2. The van der Waals surface area contributed by atoms with Gasteiger partial charge in [0.15, 0.2) is 6.29 Å².